The van der Waals surface area contributed by atoms with E-state index in [0.29, 0.717) is 34.2 Å². The van der Waals surface area contributed by atoms with Gasteiger partial charge in [-0.2, -0.15) is 0 Å². The summed E-state index contributed by atoms with van der Waals surface area (Å²) in [6, 6.07) is 20.8. The van der Waals surface area contributed by atoms with Crippen molar-refractivity contribution in [1.29, 1.82) is 0 Å². The maximum Gasteiger partial charge on any atom is 0.321 e. The van der Waals surface area contributed by atoms with E-state index >= 15 is 0 Å². The first-order chi connectivity index (χ1) is 17.5. The molecule has 0 fully saturated rings. The third-order valence-electron chi connectivity index (χ3n) is 5.04. The average molecular weight is 485 g/mol. The zero-order valence-corrected chi connectivity index (χ0v) is 19.7. The third-order valence-corrected chi connectivity index (χ3v) is 5.04. The first-order valence-electron chi connectivity index (χ1n) is 11.0. The minimum atomic E-state index is -0.313. The van der Waals surface area contributed by atoms with Crippen LogP contribution in [0.15, 0.2) is 85.2 Å². The summed E-state index contributed by atoms with van der Waals surface area (Å²) in [5.41, 5.74) is 2.52. The van der Waals surface area contributed by atoms with Gasteiger partial charge < -0.3 is 24.8 Å². The molecule has 36 heavy (non-hydrogen) atoms. The number of nitrogens with one attached hydrogen (secondary N) is 2. The summed E-state index contributed by atoms with van der Waals surface area (Å²) < 4.78 is 16.3. The van der Waals surface area contributed by atoms with Crippen LogP contribution in [0.25, 0.3) is 0 Å². The Bertz CT molecular complexity index is 1340. The Hall–Kier alpha value is -4.92. The van der Waals surface area contributed by atoms with Crippen LogP contribution in [0, 0.1) is 6.92 Å². The number of carbonyl (C=O) groups is 2. The fourth-order valence-corrected chi connectivity index (χ4v) is 3.23. The molecule has 2 N–H and O–H groups in total. The van der Waals surface area contributed by atoms with Crippen LogP contribution in [0.1, 0.15) is 15.9 Å². The summed E-state index contributed by atoms with van der Waals surface area (Å²) in [6.07, 6.45) is 3.19. The maximum atomic E-state index is 12.7. The van der Waals surface area contributed by atoms with Crippen molar-refractivity contribution < 1.29 is 23.8 Å². The molecule has 182 valence electrons. The number of hydrogen-bond donors (Lipinski definition) is 2. The molecule has 3 aromatic carbocycles. The molecule has 2 amide bonds. The van der Waals surface area contributed by atoms with E-state index in [9.17, 15) is 9.59 Å². The fraction of sp³-hybridized carbons (Fsp3) is 0.111. The minimum Gasteiger partial charge on any atom is -0.497 e. The number of amides is 2. The number of anilines is 2. The number of methoxy groups -OCH3 is 1. The van der Waals surface area contributed by atoms with Gasteiger partial charge in [0, 0.05) is 35.4 Å². The number of aryl methyl sites for hydroxylation is 1. The van der Waals surface area contributed by atoms with Gasteiger partial charge in [0.15, 0.2) is 6.61 Å². The van der Waals surface area contributed by atoms with E-state index in [1.54, 1.807) is 92.3 Å². The van der Waals surface area contributed by atoms with Crippen LogP contribution in [0.3, 0.4) is 0 Å². The van der Waals surface area contributed by atoms with Crippen molar-refractivity contribution in [3.63, 3.8) is 0 Å². The van der Waals surface area contributed by atoms with Gasteiger partial charge in [-0.3, -0.25) is 9.59 Å². The molecular formula is C27H24N4O5. The molecule has 1 aromatic heterocycles. The Balaban J connectivity index is 1.29. The molecule has 0 saturated heterocycles. The molecule has 0 radical (unpaired) electrons. The van der Waals surface area contributed by atoms with E-state index in [1.165, 1.54) is 0 Å². The average Bonchev–Trinajstić information content (AvgIpc) is 2.90. The van der Waals surface area contributed by atoms with Crippen LogP contribution >= 0.6 is 0 Å². The normalized spacial score (nSPS) is 10.3. The molecule has 0 aliphatic rings. The number of rotatable bonds is 9. The summed E-state index contributed by atoms with van der Waals surface area (Å²) in [4.78, 5) is 32.9. The van der Waals surface area contributed by atoms with Crippen molar-refractivity contribution in [2.24, 2.45) is 0 Å². The molecule has 9 heteroatoms. The van der Waals surface area contributed by atoms with Crippen LogP contribution < -0.4 is 24.8 Å². The lowest BCUT2D eigenvalue weighted by Gasteiger charge is -2.11. The second-order valence-electron chi connectivity index (χ2n) is 7.66. The van der Waals surface area contributed by atoms with Crippen LogP contribution in [0.2, 0.25) is 0 Å². The zero-order chi connectivity index (χ0) is 25.3. The molecular weight excluding hydrogens is 460 g/mol. The smallest absolute Gasteiger partial charge is 0.321 e. The second-order valence-corrected chi connectivity index (χ2v) is 7.66. The van der Waals surface area contributed by atoms with Crippen LogP contribution in [-0.4, -0.2) is 35.5 Å². The van der Waals surface area contributed by atoms with Crippen molar-refractivity contribution >= 4 is 23.2 Å². The molecule has 4 rings (SSSR count). The Labute approximate surface area is 208 Å². The first kappa shape index (κ1) is 24.2. The van der Waals surface area contributed by atoms with Gasteiger partial charge in [0.2, 0.25) is 0 Å². The highest BCUT2D eigenvalue weighted by Crippen LogP contribution is 2.25. The highest BCUT2D eigenvalue weighted by atomic mass is 16.5. The van der Waals surface area contributed by atoms with Gasteiger partial charge >= 0.3 is 6.01 Å². The molecule has 4 aromatic rings. The zero-order valence-electron chi connectivity index (χ0n) is 19.7. The van der Waals surface area contributed by atoms with Crippen molar-refractivity contribution in [1.82, 2.24) is 9.97 Å². The molecule has 0 aliphatic carbocycles. The minimum absolute atomic E-state index is 0.176. The van der Waals surface area contributed by atoms with Gasteiger partial charge in [0.25, 0.3) is 11.8 Å². The molecule has 9 nitrogen and oxygen atoms in total. The van der Waals surface area contributed by atoms with Crippen molar-refractivity contribution in [2.45, 2.75) is 6.92 Å². The Morgan fingerprint density at radius 1 is 0.833 bits per heavy atom. The van der Waals surface area contributed by atoms with Gasteiger partial charge in [-0.25, -0.2) is 9.97 Å². The SMILES string of the molecule is COc1cccc(NC(=O)COc2ccc(C(=O)Nc3ccc(Oc4ncccn4)cc3C)cc2)c1. The third kappa shape index (κ3) is 6.57. The van der Waals surface area contributed by atoms with E-state index in [2.05, 4.69) is 20.6 Å². The van der Waals surface area contributed by atoms with Gasteiger partial charge in [-0.1, -0.05) is 6.07 Å². The van der Waals surface area contributed by atoms with E-state index in [1.807, 2.05) is 6.92 Å². The van der Waals surface area contributed by atoms with Gasteiger partial charge in [-0.15, -0.1) is 0 Å². The lowest BCUT2D eigenvalue weighted by Crippen LogP contribution is -2.20. The van der Waals surface area contributed by atoms with Crippen molar-refractivity contribution in [3.05, 3.63) is 96.3 Å². The van der Waals surface area contributed by atoms with Crippen LogP contribution in [0.5, 0.6) is 23.3 Å². The fourth-order valence-electron chi connectivity index (χ4n) is 3.23. The van der Waals surface area contributed by atoms with E-state index in [0.717, 1.165) is 5.56 Å². The highest BCUT2D eigenvalue weighted by molar-refractivity contribution is 6.04. The predicted molar refractivity (Wildman–Crippen MR) is 135 cm³/mol. The Morgan fingerprint density at radius 2 is 1.58 bits per heavy atom. The molecule has 0 unspecified atom stereocenters. The number of nitrogens with zero attached hydrogens (tertiary/aromatic N) is 2. The van der Waals surface area contributed by atoms with Crippen LogP contribution in [0.4, 0.5) is 11.4 Å². The van der Waals surface area contributed by atoms with E-state index < -0.39 is 0 Å². The lowest BCUT2D eigenvalue weighted by atomic mass is 10.1. The number of hydrogen-bond acceptors (Lipinski definition) is 7. The monoisotopic (exact) mass is 484 g/mol. The lowest BCUT2D eigenvalue weighted by molar-refractivity contribution is -0.118. The summed E-state index contributed by atoms with van der Waals surface area (Å²) in [5, 5.41) is 5.63. The first-order valence-corrected chi connectivity index (χ1v) is 11.0. The van der Waals surface area contributed by atoms with Crippen molar-refractivity contribution in [3.8, 4) is 23.3 Å². The summed E-state index contributed by atoms with van der Waals surface area (Å²) in [6.45, 7) is 1.69. The number of carbonyl (C=O) groups excluding carboxylic acids is 2. The molecule has 1 heterocycles. The highest BCUT2D eigenvalue weighted by Gasteiger charge is 2.10. The standard InChI is InChI=1S/C27H24N4O5/c1-18-15-23(36-27-28-13-4-14-29-27)11-12-24(18)31-26(33)19-7-9-21(10-8-19)35-17-25(32)30-20-5-3-6-22(16-20)34-2/h3-16H,17H2,1-2H3,(H,30,32)(H,31,33). The summed E-state index contributed by atoms with van der Waals surface area (Å²) in [5.74, 6) is 1.08. The number of ether oxygens (including phenoxy) is 3. The van der Waals surface area contributed by atoms with Gasteiger partial charge in [-0.05, 0) is 73.2 Å². The topological polar surface area (TPSA) is 112 Å². The maximum absolute atomic E-state index is 12.7. The molecule has 0 aliphatic heterocycles. The largest absolute Gasteiger partial charge is 0.497 e. The predicted octanol–water partition coefficient (Wildman–Crippen LogP) is 4.86. The van der Waals surface area contributed by atoms with E-state index in [-0.39, 0.29) is 24.4 Å². The number of benzene rings is 3. The Morgan fingerprint density at radius 3 is 2.31 bits per heavy atom. The molecule has 0 saturated carbocycles. The molecule has 0 atom stereocenters. The van der Waals surface area contributed by atoms with Gasteiger partial charge in [0.1, 0.15) is 17.2 Å². The summed E-state index contributed by atoms with van der Waals surface area (Å²) in [7, 11) is 1.56. The summed E-state index contributed by atoms with van der Waals surface area (Å²) >= 11 is 0. The molecule has 0 spiro atoms. The van der Waals surface area contributed by atoms with Crippen molar-refractivity contribution in [2.75, 3.05) is 24.4 Å². The van der Waals surface area contributed by atoms with E-state index in [4.69, 9.17) is 14.2 Å². The molecule has 0 bridgehead atoms. The number of aromatic nitrogens is 2. The van der Waals surface area contributed by atoms with Gasteiger partial charge in [0.05, 0.1) is 7.11 Å². The second kappa shape index (κ2) is 11.5. The quantitative estimate of drug-likeness (QED) is 0.349. The van der Waals surface area contributed by atoms with Crippen LogP contribution in [-0.2, 0) is 4.79 Å². The Kier molecular flexibility index (Phi) is 7.72.